The van der Waals surface area contributed by atoms with Gasteiger partial charge in [0.25, 0.3) is 0 Å². The number of halogens is 2. The molecular weight excluding hydrogens is 365 g/mol. The number of nitrogens with one attached hydrogen (secondary N) is 1. The molecule has 0 radical (unpaired) electrons. The molecule has 1 heterocycles. The fourth-order valence-corrected chi connectivity index (χ4v) is 2.52. The van der Waals surface area contributed by atoms with Crippen molar-refractivity contribution in [2.24, 2.45) is 0 Å². The van der Waals surface area contributed by atoms with Gasteiger partial charge in [0.15, 0.2) is 0 Å². The van der Waals surface area contributed by atoms with Crippen LogP contribution in [-0.2, 0) is 11.3 Å². The van der Waals surface area contributed by atoms with Crippen LogP contribution in [-0.4, -0.2) is 23.3 Å². The lowest BCUT2D eigenvalue weighted by molar-refractivity contribution is 0.188. The van der Waals surface area contributed by atoms with Gasteiger partial charge in [0.05, 0.1) is 12.3 Å². The lowest BCUT2D eigenvalue weighted by Gasteiger charge is -2.11. The van der Waals surface area contributed by atoms with Gasteiger partial charge in [-0.3, -0.25) is 0 Å². The van der Waals surface area contributed by atoms with E-state index in [-0.39, 0.29) is 0 Å². The molecular formula is C12H13ClIN3O. The summed E-state index contributed by atoms with van der Waals surface area (Å²) in [7, 11) is 1.69. The van der Waals surface area contributed by atoms with E-state index in [0.29, 0.717) is 6.61 Å². The van der Waals surface area contributed by atoms with E-state index in [4.69, 9.17) is 16.3 Å². The van der Waals surface area contributed by atoms with Crippen molar-refractivity contribution in [3.05, 3.63) is 39.2 Å². The normalized spacial score (nSPS) is 10.6. The summed E-state index contributed by atoms with van der Waals surface area (Å²) >= 11 is 8.17. The van der Waals surface area contributed by atoms with Gasteiger partial charge >= 0.3 is 0 Å². The van der Waals surface area contributed by atoms with Crippen LogP contribution in [0.25, 0.3) is 0 Å². The van der Waals surface area contributed by atoms with Crippen LogP contribution in [0.1, 0.15) is 0 Å². The molecule has 0 spiro atoms. The number of nitrogens with zero attached hydrogens (tertiary/aromatic N) is 2. The van der Waals surface area contributed by atoms with Crippen molar-refractivity contribution in [3.8, 4) is 0 Å². The number of aromatic nitrogens is 2. The summed E-state index contributed by atoms with van der Waals surface area (Å²) in [6, 6.07) is 5.71. The summed E-state index contributed by atoms with van der Waals surface area (Å²) in [4.78, 5) is 4.29. The lowest BCUT2D eigenvalue weighted by Crippen LogP contribution is -2.07. The average molecular weight is 378 g/mol. The summed E-state index contributed by atoms with van der Waals surface area (Å²) < 4.78 is 8.13. The van der Waals surface area contributed by atoms with Crippen LogP contribution in [0, 0.1) is 3.57 Å². The van der Waals surface area contributed by atoms with Crippen LogP contribution in [0.5, 0.6) is 0 Å². The third kappa shape index (κ3) is 3.37. The molecule has 0 aliphatic carbocycles. The number of hydrogen-bond acceptors (Lipinski definition) is 3. The molecule has 18 heavy (non-hydrogen) atoms. The fraction of sp³-hybridized carbons (Fsp3) is 0.250. The maximum absolute atomic E-state index is 5.93. The van der Waals surface area contributed by atoms with Crippen molar-refractivity contribution in [2.75, 3.05) is 19.0 Å². The summed E-state index contributed by atoms with van der Waals surface area (Å²) in [5.41, 5.74) is 0.991. The third-order valence-corrected chi connectivity index (χ3v) is 3.56. The second-order valence-corrected chi connectivity index (χ2v) is 5.28. The first-order valence-corrected chi connectivity index (χ1v) is 6.88. The molecule has 0 bridgehead atoms. The second-order valence-electron chi connectivity index (χ2n) is 3.69. The van der Waals surface area contributed by atoms with Crippen molar-refractivity contribution >= 4 is 45.8 Å². The molecule has 0 aliphatic heterocycles. The van der Waals surface area contributed by atoms with Crippen LogP contribution < -0.4 is 5.32 Å². The molecule has 0 saturated heterocycles. The number of imidazole rings is 1. The van der Waals surface area contributed by atoms with E-state index < -0.39 is 0 Å². The highest BCUT2D eigenvalue weighted by Gasteiger charge is 2.06. The van der Waals surface area contributed by atoms with Crippen LogP contribution >= 0.6 is 34.2 Å². The quantitative estimate of drug-likeness (QED) is 0.810. The van der Waals surface area contributed by atoms with Crippen molar-refractivity contribution in [2.45, 2.75) is 6.54 Å². The number of methoxy groups -OCH3 is 1. The second kappa shape index (κ2) is 6.40. The van der Waals surface area contributed by atoms with E-state index in [9.17, 15) is 0 Å². The van der Waals surface area contributed by atoms with Crippen molar-refractivity contribution in [3.63, 3.8) is 0 Å². The van der Waals surface area contributed by atoms with Crippen LogP contribution in [0.4, 0.5) is 11.6 Å². The molecule has 1 N–H and O–H groups in total. The molecule has 1 aromatic carbocycles. The van der Waals surface area contributed by atoms with E-state index in [1.807, 2.05) is 29.0 Å². The van der Waals surface area contributed by atoms with Gasteiger partial charge in [-0.2, -0.15) is 0 Å². The van der Waals surface area contributed by atoms with Crippen molar-refractivity contribution in [1.82, 2.24) is 9.55 Å². The molecule has 2 aromatic rings. The molecule has 2 rings (SSSR count). The van der Waals surface area contributed by atoms with Gasteiger partial charge < -0.3 is 14.6 Å². The number of benzene rings is 1. The highest BCUT2D eigenvalue weighted by Crippen LogP contribution is 2.24. The topological polar surface area (TPSA) is 39.1 Å². The Morgan fingerprint density at radius 3 is 3.06 bits per heavy atom. The summed E-state index contributed by atoms with van der Waals surface area (Å²) in [5.74, 6) is 0.798. The Labute approximate surface area is 124 Å². The molecule has 0 amide bonds. The lowest BCUT2D eigenvalue weighted by atomic mass is 10.3. The SMILES string of the molecule is COCCn1ccnc1Nc1ccc(Cl)cc1I. The zero-order valence-corrected chi connectivity index (χ0v) is 12.8. The third-order valence-electron chi connectivity index (χ3n) is 2.43. The Balaban J connectivity index is 2.15. The van der Waals surface area contributed by atoms with Crippen LogP contribution in [0.15, 0.2) is 30.6 Å². The van der Waals surface area contributed by atoms with E-state index in [2.05, 4.69) is 32.9 Å². The van der Waals surface area contributed by atoms with Gasteiger partial charge in [0.1, 0.15) is 0 Å². The van der Waals surface area contributed by atoms with E-state index in [0.717, 1.165) is 26.8 Å². The van der Waals surface area contributed by atoms with Crippen molar-refractivity contribution in [1.29, 1.82) is 0 Å². The molecule has 6 heteroatoms. The van der Waals surface area contributed by atoms with Crippen molar-refractivity contribution < 1.29 is 4.74 Å². The Bertz CT molecular complexity index is 530. The Morgan fingerprint density at radius 2 is 2.33 bits per heavy atom. The molecule has 0 aliphatic rings. The molecule has 4 nitrogen and oxygen atoms in total. The first-order chi connectivity index (χ1) is 8.70. The molecule has 0 saturated carbocycles. The van der Waals surface area contributed by atoms with E-state index >= 15 is 0 Å². The summed E-state index contributed by atoms with van der Waals surface area (Å²) in [5, 5.41) is 4.02. The molecule has 0 fully saturated rings. The van der Waals surface area contributed by atoms with Gasteiger partial charge in [0.2, 0.25) is 5.95 Å². The molecule has 1 aromatic heterocycles. The minimum absolute atomic E-state index is 0.656. The largest absolute Gasteiger partial charge is 0.383 e. The number of rotatable bonds is 5. The van der Waals surface area contributed by atoms with Gasteiger partial charge in [0, 0.05) is 34.6 Å². The Hall–Kier alpha value is -0.790. The van der Waals surface area contributed by atoms with E-state index in [1.54, 1.807) is 13.3 Å². The fourth-order valence-electron chi connectivity index (χ4n) is 1.51. The number of hydrogen-bond donors (Lipinski definition) is 1. The first kappa shape index (κ1) is 13.6. The molecule has 0 atom stereocenters. The summed E-state index contributed by atoms with van der Waals surface area (Å²) in [6.07, 6.45) is 3.69. The predicted octanol–water partition coefficient (Wildman–Crippen LogP) is 3.53. The Kier molecular flexibility index (Phi) is 4.85. The average Bonchev–Trinajstić information content (AvgIpc) is 2.77. The zero-order chi connectivity index (χ0) is 13.0. The van der Waals surface area contributed by atoms with Gasteiger partial charge in [-0.25, -0.2) is 4.98 Å². The maximum atomic E-state index is 5.93. The molecule has 0 unspecified atom stereocenters. The van der Waals surface area contributed by atoms with Crippen LogP contribution in [0.3, 0.4) is 0 Å². The maximum Gasteiger partial charge on any atom is 0.207 e. The number of ether oxygens (including phenoxy) is 1. The highest BCUT2D eigenvalue weighted by molar-refractivity contribution is 14.1. The first-order valence-electron chi connectivity index (χ1n) is 5.43. The smallest absolute Gasteiger partial charge is 0.207 e. The van der Waals surface area contributed by atoms with Gasteiger partial charge in [-0.15, -0.1) is 0 Å². The monoisotopic (exact) mass is 377 g/mol. The van der Waals surface area contributed by atoms with E-state index in [1.165, 1.54) is 0 Å². The van der Waals surface area contributed by atoms with Crippen LogP contribution in [0.2, 0.25) is 5.02 Å². The van der Waals surface area contributed by atoms with Gasteiger partial charge in [-0.05, 0) is 40.8 Å². The minimum Gasteiger partial charge on any atom is -0.383 e. The minimum atomic E-state index is 0.656. The van der Waals surface area contributed by atoms with Gasteiger partial charge in [-0.1, -0.05) is 11.6 Å². The Morgan fingerprint density at radius 1 is 1.50 bits per heavy atom. The molecule has 96 valence electrons. The highest BCUT2D eigenvalue weighted by atomic mass is 127. The predicted molar refractivity (Wildman–Crippen MR) is 81.6 cm³/mol. The summed E-state index contributed by atoms with van der Waals surface area (Å²) in [6.45, 7) is 1.42. The zero-order valence-electron chi connectivity index (χ0n) is 9.86. The number of anilines is 2. The standard InChI is InChI=1S/C12H13ClIN3O/c1-18-7-6-17-5-4-15-12(17)16-11-3-2-9(13)8-10(11)14/h2-5,8H,6-7H2,1H3,(H,15,16).